The quantitative estimate of drug-likeness (QED) is 0.605. The SMILES string of the molecule is N[C@H](CO)c1nc(-c2ncc[nH]2)no1. The van der Waals surface area contributed by atoms with Crippen molar-refractivity contribution in [1.82, 2.24) is 20.1 Å². The third kappa shape index (κ3) is 1.50. The average Bonchev–Trinajstić information content (AvgIpc) is 2.86. The van der Waals surface area contributed by atoms with E-state index >= 15 is 0 Å². The zero-order chi connectivity index (χ0) is 9.97. The fraction of sp³-hybridized carbons (Fsp3) is 0.286. The Bertz CT molecular complexity index is 396. The fourth-order valence-electron chi connectivity index (χ4n) is 0.948. The molecule has 7 heteroatoms. The van der Waals surface area contributed by atoms with Gasteiger partial charge in [0.15, 0.2) is 5.82 Å². The van der Waals surface area contributed by atoms with Crippen LogP contribution in [-0.2, 0) is 0 Å². The van der Waals surface area contributed by atoms with Gasteiger partial charge in [-0.3, -0.25) is 0 Å². The second-order valence-corrected chi connectivity index (χ2v) is 2.68. The van der Waals surface area contributed by atoms with E-state index in [1.54, 1.807) is 12.4 Å². The van der Waals surface area contributed by atoms with E-state index in [0.717, 1.165) is 0 Å². The highest BCUT2D eigenvalue weighted by molar-refractivity contribution is 5.40. The molecule has 2 heterocycles. The highest BCUT2D eigenvalue weighted by Crippen LogP contribution is 2.12. The van der Waals surface area contributed by atoms with Gasteiger partial charge in [0.2, 0.25) is 11.7 Å². The van der Waals surface area contributed by atoms with Gasteiger partial charge in [-0.2, -0.15) is 4.98 Å². The van der Waals surface area contributed by atoms with E-state index in [4.69, 9.17) is 15.4 Å². The van der Waals surface area contributed by atoms with Crippen LogP contribution in [0.5, 0.6) is 0 Å². The summed E-state index contributed by atoms with van der Waals surface area (Å²) in [5.41, 5.74) is 5.48. The van der Waals surface area contributed by atoms with E-state index in [9.17, 15) is 0 Å². The molecular formula is C7H9N5O2. The Morgan fingerprint density at radius 1 is 1.64 bits per heavy atom. The van der Waals surface area contributed by atoms with Gasteiger partial charge in [-0.15, -0.1) is 0 Å². The van der Waals surface area contributed by atoms with Crippen LogP contribution in [0.3, 0.4) is 0 Å². The van der Waals surface area contributed by atoms with Gasteiger partial charge >= 0.3 is 0 Å². The lowest BCUT2D eigenvalue weighted by molar-refractivity contribution is 0.237. The molecule has 1 atom stereocenters. The molecule has 0 radical (unpaired) electrons. The lowest BCUT2D eigenvalue weighted by atomic mass is 10.3. The number of aliphatic hydroxyl groups is 1. The van der Waals surface area contributed by atoms with Gasteiger partial charge in [-0.25, -0.2) is 4.98 Å². The van der Waals surface area contributed by atoms with Crippen molar-refractivity contribution in [3.8, 4) is 11.6 Å². The molecule has 2 aromatic rings. The van der Waals surface area contributed by atoms with Crippen molar-refractivity contribution in [1.29, 1.82) is 0 Å². The number of nitrogens with two attached hydrogens (primary N) is 1. The highest BCUT2D eigenvalue weighted by Gasteiger charge is 2.15. The van der Waals surface area contributed by atoms with E-state index in [1.165, 1.54) is 0 Å². The molecule has 0 amide bonds. The Balaban J connectivity index is 2.26. The standard InChI is InChI=1S/C7H9N5O2/c8-4(3-13)7-11-6(12-14-7)5-9-1-2-10-5/h1-2,4,13H,3,8H2,(H,9,10)/t4-/m1/s1. The molecule has 14 heavy (non-hydrogen) atoms. The van der Waals surface area contributed by atoms with Crippen LogP contribution in [0.25, 0.3) is 11.6 Å². The van der Waals surface area contributed by atoms with Gasteiger partial charge in [-0.05, 0) is 0 Å². The normalized spacial score (nSPS) is 13.0. The largest absolute Gasteiger partial charge is 0.394 e. The minimum absolute atomic E-state index is 0.193. The Morgan fingerprint density at radius 3 is 3.14 bits per heavy atom. The second kappa shape index (κ2) is 3.56. The summed E-state index contributed by atoms with van der Waals surface area (Å²) in [6, 6.07) is -0.647. The first-order valence-corrected chi connectivity index (χ1v) is 4.01. The number of aliphatic hydroxyl groups excluding tert-OH is 1. The van der Waals surface area contributed by atoms with Crippen LogP contribution in [0.2, 0.25) is 0 Å². The summed E-state index contributed by atoms with van der Waals surface area (Å²) in [5, 5.41) is 12.4. The number of hydrogen-bond donors (Lipinski definition) is 3. The van der Waals surface area contributed by atoms with E-state index in [-0.39, 0.29) is 12.5 Å². The summed E-state index contributed by atoms with van der Waals surface area (Å²) < 4.78 is 4.84. The molecule has 4 N–H and O–H groups in total. The number of H-pyrrole nitrogens is 1. The first kappa shape index (κ1) is 8.85. The Hall–Kier alpha value is -1.73. The summed E-state index contributed by atoms with van der Waals surface area (Å²) in [4.78, 5) is 10.7. The van der Waals surface area contributed by atoms with Crippen LogP contribution in [-0.4, -0.2) is 31.8 Å². The average molecular weight is 195 g/mol. The van der Waals surface area contributed by atoms with Gasteiger partial charge in [-0.1, -0.05) is 5.16 Å². The van der Waals surface area contributed by atoms with Crippen LogP contribution in [0.1, 0.15) is 11.9 Å². The number of aromatic amines is 1. The molecule has 0 fully saturated rings. The number of hydrogen-bond acceptors (Lipinski definition) is 6. The molecule has 7 nitrogen and oxygen atoms in total. The summed E-state index contributed by atoms with van der Waals surface area (Å²) in [7, 11) is 0. The van der Waals surface area contributed by atoms with Crippen molar-refractivity contribution in [2.45, 2.75) is 6.04 Å². The van der Waals surface area contributed by atoms with Gasteiger partial charge < -0.3 is 20.3 Å². The van der Waals surface area contributed by atoms with Crippen molar-refractivity contribution in [3.05, 3.63) is 18.3 Å². The maximum Gasteiger partial charge on any atom is 0.246 e. The predicted octanol–water partition coefficient (Wildman–Crippen LogP) is -0.548. The number of rotatable bonds is 3. The zero-order valence-corrected chi connectivity index (χ0v) is 7.21. The molecule has 74 valence electrons. The second-order valence-electron chi connectivity index (χ2n) is 2.68. The number of nitrogens with zero attached hydrogens (tertiary/aromatic N) is 3. The first-order valence-electron chi connectivity index (χ1n) is 4.01. The van der Waals surface area contributed by atoms with E-state index < -0.39 is 6.04 Å². The van der Waals surface area contributed by atoms with Gasteiger partial charge in [0, 0.05) is 12.4 Å². The highest BCUT2D eigenvalue weighted by atomic mass is 16.5. The summed E-state index contributed by atoms with van der Waals surface area (Å²) >= 11 is 0. The smallest absolute Gasteiger partial charge is 0.246 e. The predicted molar refractivity (Wildman–Crippen MR) is 45.9 cm³/mol. The fourth-order valence-corrected chi connectivity index (χ4v) is 0.948. The molecule has 0 saturated heterocycles. The van der Waals surface area contributed by atoms with E-state index in [2.05, 4.69) is 20.1 Å². The summed E-state index contributed by atoms with van der Waals surface area (Å²) in [5.74, 6) is 1.03. The molecule has 0 unspecified atom stereocenters. The molecule has 0 aromatic carbocycles. The maximum absolute atomic E-state index is 8.75. The molecule has 0 bridgehead atoms. The molecule has 0 spiro atoms. The third-order valence-electron chi connectivity index (χ3n) is 1.67. The lowest BCUT2D eigenvalue weighted by Gasteiger charge is -1.98. The van der Waals surface area contributed by atoms with Crippen molar-refractivity contribution in [2.75, 3.05) is 6.61 Å². The van der Waals surface area contributed by atoms with Crippen LogP contribution >= 0.6 is 0 Å². The Kier molecular flexibility index (Phi) is 2.25. The third-order valence-corrected chi connectivity index (χ3v) is 1.67. The molecule has 0 aliphatic heterocycles. The van der Waals surface area contributed by atoms with Crippen molar-refractivity contribution in [2.24, 2.45) is 5.73 Å². The van der Waals surface area contributed by atoms with E-state index in [0.29, 0.717) is 11.6 Å². The van der Waals surface area contributed by atoms with Crippen LogP contribution in [0.4, 0.5) is 0 Å². The van der Waals surface area contributed by atoms with E-state index in [1.807, 2.05) is 0 Å². The lowest BCUT2D eigenvalue weighted by Crippen LogP contribution is -2.14. The van der Waals surface area contributed by atoms with Crippen LogP contribution in [0.15, 0.2) is 16.9 Å². The Morgan fingerprint density at radius 2 is 2.50 bits per heavy atom. The molecule has 2 rings (SSSR count). The topological polar surface area (TPSA) is 114 Å². The molecular weight excluding hydrogens is 186 g/mol. The summed E-state index contributed by atoms with van der Waals surface area (Å²) in [6.45, 7) is -0.236. The summed E-state index contributed by atoms with van der Waals surface area (Å²) in [6.07, 6.45) is 3.23. The van der Waals surface area contributed by atoms with Crippen molar-refractivity contribution >= 4 is 0 Å². The maximum atomic E-state index is 8.75. The molecule has 0 aliphatic carbocycles. The first-order chi connectivity index (χ1) is 6.81. The van der Waals surface area contributed by atoms with Gasteiger partial charge in [0.05, 0.1) is 6.61 Å². The van der Waals surface area contributed by atoms with Crippen LogP contribution in [0, 0.1) is 0 Å². The molecule has 0 aliphatic rings. The van der Waals surface area contributed by atoms with Crippen LogP contribution < -0.4 is 5.73 Å². The number of imidazole rings is 1. The minimum Gasteiger partial charge on any atom is -0.394 e. The monoisotopic (exact) mass is 195 g/mol. The molecule has 0 saturated carbocycles. The Labute approximate surface area is 79.0 Å². The number of aromatic nitrogens is 4. The van der Waals surface area contributed by atoms with Crippen molar-refractivity contribution in [3.63, 3.8) is 0 Å². The van der Waals surface area contributed by atoms with Crippen molar-refractivity contribution < 1.29 is 9.63 Å². The van der Waals surface area contributed by atoms with Gasteiger partial charge in [0.1, 0.15) is 6.04 Å². The molecule has 2 aromatic heterocycles. The minimum atomic E-state index is -0.647. The zero-order valence-electron chi connectivity index (χ0n) is 7.21. The number of nitrogens with one attached hydrogen (secondary N) is 1. The van der Waals surface area contributed by atoms with Gasteiger partial charge in [0.25, 0.3) is 0 Å².